The zero-order chi connectivity index (χ0) is 40.5. The molecule has 0 atom stereocenters. The van der Waals surface area contributed by atoms with Gasteiger partial charge >= 0.3 is 17.9 Å². The van der Waals surface area contributed by atoms with Crippen molar-refractivity contribution in [2.75, 3.05) is 13.7 Å². The lowest BCUT2D eigenvalue weighted by molar-refractivity contribution is -0.238. The third-order valence-electron chi connectivity index (χ3n) is 8.71. The summed E-state index contributed by atoms with van der Waals surface area (Å²) in [5.74, 6) is -3.46. The Morgan fingerprint density at radius 1 is 0.789 bits per heavy atom. The van der Waals surface area contributed by atoms with Crippen molar-refractivity contribution in [3.8, 4) is 28.6 Å². The lowest BCUT2D eigenvalue weighted by Crippen LogP contribution is -2.49. The number of cyclic esters (lactones) is 2. The van der Waals surface area contributed by atoms with E-state index in [1.807, 2.05) is 91.9 Å². The zero-order valence-electron chi connectivity index (χ0n) is 31.7. The number of aromatic carboxylic acids is 1. The number of ketones is 1. The summed E-state index contributed by atoms with van der Waals surface area (Å²) in [5, 5.41) is 18.1. The Hall–Kier alpha value is -7.09. The van der Waals surface area contributed by atoms with E-state index in [1.165, 1.54) is 25.8 Å². The van der Waals surface area contributed by atoms with Gasteiger partial charge in [0.05, 0.1) is 25.1 Å². The lowest BCUT2D eigenvalue weighted by Gasteiger charge is -2.32. The van der Waals surface area contributed by atoms with E-state index in [4.69, 9.17) is 23.4 Å². The summed E-state index contributed by atoms with van der Waals surface area (Å²) in [6.07, 6.45) is 0.906. The number of hydrogen-bond donors (Lipinski definition) is 1. The molecule has 1 aliphatic rings. The minimum absolute atomic E-state index is 0.0563. The SMILES string of the molecule is COc1ccc(CC(=O)C2C(=O)OC(C)(C)OC2=O)cc1.Cc1oc(-c2ccccc2)nc1CCOc1ccc(Cc2nn(-c3ccccc3)nc2C(=O)O)cc1. The molecule has 14 nitrogen and oxygen atoms in total. The second-order valence-corrected chi connectivity index (χ2v) is 13.4. The van der Waals surface area contributed by atoms with Gasteiger partial charge in [0.1, 0.15) is 23.0 Å². The fourth-order valence-corrected chi connectivity index (χ4v) is 5.85. The number of carbonyl (C=O) groups excluding carboxylic acids is 3. The van der Waals surface area contributed by atoms with Crippen molar-refractivity contribution < 1.29 is 47.6 Å². The van der Waals surface area contributed by atoms with Crippen LogP contribution in [0.1, 0.15) is 52.6 Å². The van der Waals surface area contributed by atoms with Crippen molar-refractivity contribution in [2.24, 2.45) is 5.92 Å². The molecule has 0 aliphatic carbocycles. The zero-order valence-corrected chi connectivity index (χ0v) is 31.7. The molecular weight excluding hydrogens is 732 g/mol. The molecule has 7 rings (SSSR count). The third kappa shape index (κ3) is 10.2. The normalized spacial score (nSPS) is 13.5. The van der Waals surface area contributed by atoms with Crippen molar-refractivity contribution in [1.29, 1.82) is 0 Å². The quantitative estimate of drug-likeness (QED) is 0.101. The first-order chi connectivity index (χ1) is 27.4. The number of nitrogens with zero attached hydrogens (tertiary/aromatic N) is 4. The molecule has 0 spiro atoms. The molecule has 292 valence electrons. The largest absolute Gasteiger partial charge is 0.497 e. The number of benzene rings is 4. The molecule has 0 unspecified atom stereocenters. The molecule has 4 aromatic carbocycles. The molecule has 6 aromatic rings. The standard InChI is InChI=1S/C28H24N4O4.C15H16O6/c1-19-24(29-27(36-19)21-8-4-2-5-9-21)16-17-35-23-14-12-20(13-15-23)18-25-26(28(33)34)31-32(30-25)22-10-6-3-7-11-22;1-15(2)20-13(17)12(14(18)21-15)11(16)8-9-4-6-10(19-3)7-5-9/h2-15H,16-18H2,1H3,(H,33,34);4-7,12H,8H2,1-3H3. The van der Waals surface area contributed by atoms with Gasteiger partial charge in [-0.05, 0) is 66.6 Å². The van der Waals surface area contributed by atoms with Crippen molar-refractivity contribution >= 4 is 23.7 Å². The van der Waals surface area contributed by atoms with Gasteiger partial charge in [-0.25, -0.2) is 9.78 Å². The van der Waals surface area contributed by atoms with Gasteiger partial charge in [-0.3, -0.25) is 14.4 Å². The highest BCUT2D eigenvalue weighted by Gasteiger charge is 2.46. The first kappa shape index (κ1) is 39.6. The number of ether oxygens (including phenoxy) is 4. The van der Waals surface area contributed by atoms with Crippen molar-refractivity contribution in [3.05, 3.63) is 143 Å². The number of Topliss-reactive ketones (excluding diaryl/α,β-unsaturated/α-hetero) is 1. The smallest absolute Gasteiger partial charge is 0.358 e. The summed E-state index contributed by atoms with van der Waals surface area (Å²) in [7, 11) is 1.54. The first-order valence-corrected chi connectivity index (χ1v) is 18.0. The number of para-hydroxylation sites is 1. The Balaban J connectivity index is 0.000000223. The summed E-state index contributed by atoms with van der Waals surface area (Å²) in [5.41, 5.74) is 4.43. The van der Waals surface area contributed by atoms with Gasteiger partial charge in [0.25, 0.3) is 5.79 Å². The van der Waals surface area contributed by atoms with E-state index < -0.39 is 35.4 Å². The highest BCUT2D eigenvalue weighted by Crippen LogP contribution is 2.26. The van der Waals surface area contributed by atoms with E-state index in [1.54, 1.807) is 24.3 Å². The minimum Gasteiger partial charge on any atom is -0.497 e. The van der Waals surface area contributed by atoms with E-state index in [2.05, 4.69) is 15.2 Å². The molecule has 0 amide bonds. The summed E-state index contributed by atoms with van der Waals surface area (Å²) in [6, 6.07) is 33.3. The van der Waals surface area contributed by atoms with E-state index >= 15 is 0 Å². The summed E-state index contributed by atoms with van der Waals surface area (Å²) in [4.78, 5) is 53.4. The summed E-state index contributed by atoms with van der Waals surface area (Å²) in [6.45, 7) is 5.23. The molecule has 1 saturated heterocycles. The number of carboxylic acid groups (broad SMARTS) is 1. The van der Waals surface area contributed by atoms with Crippen LogP contribution in [0.25, 0.3) is 17.1 Å². The Kier molecular flexibility index (Phi) is 12.2. The van der Waals surface area contributed by atoms with Crippen LogP contribution in [0.5, 0.6) is 11.5 Å². The van der Waals surface area contributed by atoms with Gasteiger partial charge in [0.2, 0.25) is 11.8 Å². The monoisotopic (exact) mass is 772 g/mol. The van der Waals surface area contributed by atoms with Gasteiger partial charge in [-0.2, -0.15) is 9.90 Å². The van der Waals surface area contributed by atoms with Crippen molar-refractivity contribution in [2.45, 2.75) is 45.8 Å². The topological polar surface area (TPSA) is 182 Å². The van der Waals surface area contributed by atoms with E-state index in [0.717, 1.165) is 28.3 Å². The second kappa shape index (κ2) is 17.6. The number of aromatic nitrogens is 4. The lowest BCUT2D eigenvalue weighted by atomic mass is 9.97. The fraction of sp³-hybridized carbons (Fsp3) is 0.233. The van der Waals surface area contributed by atoms with Crippen molar-refractivity contribution in [3.63, 3.8) is 0 Å². The van der Waals surface area contributed by atoms with Crippen LogP contribution in [-0.4, -0.2) is 68.3 Å². The van der Waals surface area contributed by atoms with Crippen LogP contribution in [-0.2, 0) is 43.1 Å². The number of aryl methyl sites for hydroxylation is 1. The molecule has 57 heavy (non-hydrogen) atoms. The van der Waals surface area contributed by atoms with E-state index in [-0.39, 0.29) is 12.1 Å². The van der Waals surface area contributed by atoms with Crippen LogP contribution in [0, 0.1) is 12.8 Å². The van der Waals surface area contributed by atoms with Gasteiger partial charge in [0, 0.05) is 38.7 Å². The molecule has 0 saturated carbocycles. The van der Waals surface area contributed by atoms with Gasteiger partial charge in [0.15, 0.2) is 11.5 Å². The Morgan fingerprint density at radius 3 is 2.00 bits per heavy atom. The Labute approximate surface area is 328 Å². The fourth-order valence-electron chi connectivity index (χ4n) is 5.85. The maximum atomic E-state index is 12.1. The van der Waals surface area contributed by atoms with Crippen LogP contribution in [0.2, 0.25) is 0 Å². The first-order valence-electron chi connectivity index (χ1n) is 18.0. The number of carboxylic acids is 1. The minimum atomic E-state index is -1.51. The molecular formula is C43H40N4O10. The maximum absolute atomic E-state index is 12.1. The van der Waals surface area contributed by atoms with Crippen LogP contribution in [0.3, 0.4) is 0 Å². The third-order valence-corrected chi connectivity index (χ3v) is 8.71. The van der Waals surface area contributed by atoms with Crippen LogP contribution >= 0.6 is 0 Å². The highest BCUT2D eigenvalue weighted by molar-refractivity contribution is 6.16. The van der Waals surface area contributed by atoms with Crippen LogP contribution in [0.15, 0.2) is 114 Å². The molecule has 1 fully saturated rings. The molecule has 0 bridgehead atoms. The maximum Gasteiger partial charge on any atom is 0.358 e. The second-order valence-electron chi connectivity index (χ2n) is 13.4. The molecule has 3 heterocycles. The Bertz CT molecular complexity index is 2320. The highest BCUT2D eigenvalue weighted by atomic mass is 16.7. The Morgan fingerprint density at radius 2 is 1.39 bits per heavy atom. The predicted molar refractivity (Wildman–Crippen MR) is 205 cm³/mol. The van der Waals surface area contributed by atoms with Gasteiger partial charge in [-0.15, -0.1) is 5.10 Å². The molecule has 0 radical (unpaired) electrons. The number of methoxy groups -OCH3 is 1. The number of hydrogen-bond acceptors (Lipinski definition) is 12. The summed E-state index contributed by atoms with van der Waals surface area (Å²) < 4.78 is 26.6. The number of carbonyl (C=O) groups is 4. The summed E-state index contributed by atoms with van der Waals surface area (Å²) >= 11 is 0. The molecule has 14 heteroatoms. The number of esters is 2. The van der Waals surface area contributed by atoms with E-state index in [9.17, 15) is 24.3 Å². The van der Waals surface area contributed by atoms with Gasteiger partial charge in [-0.1, -0.05) is 60.7 Å². The van der Waals surface area contributed by atoms with Crippen LogP contribution in [0.4, 0.5) is 0 Å². The molecule has 1 N–H and O–H groups in total. The van der Waals surface area contributed by atoms with E-state index in [0.29, 0.717) is 48.0 Å². The van der Waals surface area contributed by atoms with Crippen molar-refractivity contribution in [1.82, 2.24) is 20.0 Å². The molecule has 1 aliphatic heterocycles. The average Bonchev–Trinajstić information content (AvgIpc) is 3.79. The predicted octanol–water partition coefficient (Wildman–Crippen LogP) is 6.40. The van der Waals surface area contributed by atoms with Gasteiger partial charge < -0.3 is 28.5 Å². The average molecular weight is 773 g/mol. The number of oxazole rings is 1. The number of rotatable bonds is 13. The molecule has 2 aromatic heterocycles. The van der Waals surface area contributed by atoms with Crippen LogP contribution < -0.4 is 9.47 Å².